The highest BCUT2D eigenvalue weighted by molar-refractivity contribution is 4.98. The number of hydrogen-bond donors (Lipinski definition) is 1. The Balaban J connectivity index is 2.16. The third kappa shape index (κ3) is 1.94. The van der Waals surface area contributed by atoms with Crippen LogP contribution in [0.2, 0.25) is 0 Å². The van der Waals surface area contributed by atoms with Crippen LogP contribution >= 0.6 is 0 Å². The van der Waals surface area contributed by atoms with Crippen LogP contribution in [0, 0.1) is 11.8 Å². The predicted octanol–water partition coefficient (Wildman–Crippen LogP) is 0.955. The van der Waals surface area contributed by atoms with Gasteiger partial charge in [0.05, 0.1) is 0 Å². The monoisotopic (exact) mass is 157 g/mol. The minimum absolute atomic E-state index is 0.319. The second-order valence-corrected chi connectivity index (χ2v) is 3.77. The van der Waals surface area contributed by atoms with Crippen LogP contribution in [0.5, 0.6) is 0 Å². The van der Waals surface area contributed by atoms with Crippen molar-refractivity contribution < 1.29 is 5.11 Å². The van der Waals surface area contributed by atoms with Gasteiger partial charge in [0.2, 0.25) is 0 Å². The number of aliphatic hydroxyl groups is 1. The van der Waals surface area contributed by atoms with Gasteiger partial charge in [-0.3, -0.25) is 0 Å². The van der Waals surface area contributed by atoms with Gasteiger partial charge in [-0.25, -0.2) is 0 Å². The summed E-state index contributed by atoms with van der Waals surface area (Å²) in [6.45, 7) is 5.95. The summed E-state index contributed by atoms with van der Waals surface area (Å²) in [6.07, 6.45) is 0.909. The number of nitrogens with zero attached hydrogens (tertiary/aromatic N) is 1. The molecule has 0 saturated heterocycles. The smallest absolute Gasteiger partial charge is 0.0443 e. The standard InChI is InChI=1S/C9H19NO/c1-7-8(2)9(7)10(3)5-4-6-11/h7-9,11H,4-6H2,1-3H3. The zero-order valence-electron chi connectivity index (χ0n) is 7.75. The molecule has 1 aliphatic carbocycles. The molecule has 0 heterocycles. The first-order valence-corrected chi connectivity index (χ1v) is 4.49. The summed E-state index contributed by atoms with van der Waals surface area (Å²) in [5, 5.41) is 8.62. The molecular weight excluding hydrogens is 138 g/mol. The zero-order chi connectivity index (χ0) is 8.43. The second-order valence-electron chi connectivity index (χ2n) is 3.77. The van der Waals surface area contributed by atoms with Crippen molar-refractivity contribution in [1.29, 1.82) is 0 Å². The van der Waals surface area contributed by atoms with Gasteiger partial charge in [-0.1, -0.05) is 13.8 Å². The summed E-state index contributed by atoms with van der Waals surface area (Å²) in [7, 11) is 2.15. The van der Waals surface area contributed by atoms with Crippen molar-refractivity contribution in [3.05, 3.63) is 0 Å². The summed E-state index contributed by atoms with van der Waals surface area (Å²) in [4.78, 5) is 2.37. The summed E-state index contributed by atoms with van der Waals surface area (Å²) in [5.74, 6) is 1.72. The highest BCUT2D eigenvalue weighted by atomic mass is 16.3. The van der Waals surface area contributed by atoms with Gasteiger partial charge in [0.15, 0.2) is 0 Å². The van der Waals surface area contributed by atoms with E-state index in [9.17, 15) is 0 Å². The lowest BCUT2D eigenvalue weighted by atomic mass is 10.4. The van der Waals surface area contributed by atoms with Crippen molar-refractivity contribution in [2.75, 3.05) is 20.2 Å². The minimum atomic E-state index is 0.319. The quantitative estimate of drug-likeness (QED) is 0.657. The fourth-order valence-electron chi connectivity index (χ4n) is 1.91. The molecule has 1 rings (SSSR count). The van der Waals surface area contributed by atoms with Crippen molar-refractivity contribution in [3.8, 4) is 0 Å². The Kier molecular flexibility index (Phi) is 2.90. The van der Waals surface area contributed by atoms with Crippen LogP contribution in [-0.4, -0.2) is 36.2 Å². The molecule has 0 spiro atoms. The van der Waals surface area contributed by atoms with E-state index in [-0.39, 0.29) is 0 Å². The summed E-state index contributed by atoms with van der Waals surface area (Å²) in [5.41, 5.74) is 0. The molecule has 1 fully saturated rings. The molecule has 0 aromatic carbocycles. The summed E-state index contributed by atoms with van der Waals surface area (Å²) < 4.78 is 0. The molecular formula is C9H19NO. The molecule has 2 heteroatoms. The fourth-order valence-corrected chi connectivity index (χ4v) is 1.91. The maximum Gasteiger partial charge on any atom is 0.0443 e. The average molecular weight is 157 g/mol. The van der Waals surface area contributed by atoms with Crippen LogP contribution in [0.25, 0.3) is 0 Å². The van der Waals surface area contributed by atoms with E-state index < -0.39 is 0 Å². The summed E-state index contributed by atoms with van der Waals surface area (Å²) in [6, 6.07) is 0.779. The Labute approximate surface area is 69.2 Å². The SMILES string of the molecule is CC1C(C)C1N(C)CCCO. The lowest BCUT2D eigenvalue weighted by molar-refractivity contribution is 0.236. The van der Waals surface area contributed by atoms with Crippen molar-refractivity contribution in [3.63, 3.8) is 0 Å². The maximum atomic E-state index is 8.62. The highest BCUT2D eigenvalue weighted by Gasteiger charge is 2.44. The van der Waals surface area contributed by atoms with Crippen LogP contribution in [0.4, 0.5) is 0 Å². The molecule has 0 radical (unpaired) electrons. The molecule has 1 saturated carbocycles. The Bertz CT molecular complexity index is 119. The van der Waals surface area contributed by atoms with Crippen molar-refractivity contribution in [1.82, 2.24) is 4.90 Å². The number of aliphatic hydroxyl groups excluding tert-OH is 1. The number of hydrogen-bond acceptors (Lipinski definition) is 2. The lowest BCUT2D eigenvalue weighted by Gasteiger charge is -2.15. The molecule has 1 N–H and O–H groups in total. The molecule has 11 heavy (non-hydrogen) atoms. The van der Waals surface area contributed by atoms with Gasteiger partial charge in [-0.15, -0.1) is 0 Å². The second kappa shape index (κ2) is 3.55. The molecule has 0 aliphatic heterocycles. The minimum Gasteiger partial charge on any atom is -0.396 e. The Morgan fingerprint density at radius 1 is 1.27 bits per heavy atom. The molecule has 0 aromatic heterocycles. The van der Waals surface area contributed by atoms with Gasteiger partial charge in [-0.05, 0) is 25.3 Å². The van der Waals surface area contributed by atoms with E-state index in [2.05, 4.69) is 25.8 Å². The molecule has 1 aliphatic rings. The first-order chi connectivity index (χ1) is 5.18. The Morgan fingerprint density at radius 3 is 2.18 bits per heavy atom. The topological polar surface area (TPSA) is 23.5 Å². The highest BCUT2D eigenvalue weighted by Crippen LogP contribution is 2.41. The fraction of sp³-hybridized carbons (Fsp3) is 1.00. The third-order valence-corrected chi connectivity index (χ3v) is 2.94. The van der Waals surface area contributed by atoms with Crippen LogP contribution in [0.3, 0.4) is 0 Å². The molecule has 0 bridgehead atoms. The van der Waals surface area contributed by atoms with Gasteiger partial charge in [0.25, 0.3) is 0 Å². The van der Waals surface area contributed by atoms with Crippen LogP contribution in [-0.2, 0) is 0 Å². The van der Waals surface area contributed by atoms with Gasteiger partial charge in [0.1, 0.15) is 0 Å². The predicted molar refractivity (Wildman–Crippen MR) is 46.4 cm³/mol. The van der Waals surface area contributed by atoms with E-state index in [0.29, 0.717) is 6.61 Å². The normalized spacial score (nSPS) is 36.3. The van der Waals surface area contributed by atoms with Crippen LogP contribution < -0.4 is 0 Å². The van der Waals surface area contributed by atoms with Gasteiger partial charge in [-0.2, -0.15) is 0 Å². The number of rotatable bonds is 4. The van der Waals surface area contributed by atoms with Crippen LogP contribution in [0.15, 0.2) is 0 Å². The third-order valence-electron chi connectivity index (χ3n) is 2.94. The van der Waals surface area contributed by atoms with E-state index in [1.54, 1.807) is 0 Å². The first kappa shape index (κ1) is 9.01. The van der Waals surface area contributed by atoms with E-state index in [1.807, 2.05) is 0 Å². The molecule has 2 atom stereocenters. The van der Waals surface area contributed by atoms with E-state index in [0.717, 1.165) is 30.8 Å². The molecule has 0 amide bonds. The van der Waals surface area contributed by atoms with Crippen LogP contribution in [0.1, 0.15) is 20.3 Å². The average Bonchev–Trinajstić information content (AvgIpc) is 2.56. The molecule has 66 valence electrons. The van der Waals surface area contributed by atoms with E-state index in [1.165, 1.54) is 0 Å². The van der Waals surface area contributed by atoms with Crippen molar-refractivity contribution in [2.45, 2.75) is 26.3 Å². The Morgan fingerprint density at radius 2 is 1.82 bits per heavy atom. The molecule has 0 aromatic rings. The van der Waals surface area contributed by atoms with Crippen molar-refractivity contribution >= 4 is 0 Å². The maximum absolute atomic E-state index is 8.62. The Hall–Kier alpha value is -0.0800. The molecule has 2 unspecified atom stereocenters. The van der Waals surface area contributed by atoms with E-state index >= 15 is 0 Å². The largest absolute Gasteiger partial charge is 0.396 e. The summed E-state index contributed by atoms with van der Waals surface area (Å²) >= 11 is 0. The molecule has 2 nitrogen and oxygen atoms in total. The first-order valence-electron chi connectivity index (χ1n) is 4.49. The van der Waals surface area contributed by atoms with Gasteiger partial charge < -0.3 is 10.0 Å². The van der Waals surface area contributed by atoms with E-state index in [4.69, 9.17) is 5.11 Å². The van der Waals surface area contributed by atoms with Crippen molar-refractivity contribution in [2.24, 2.45) is 11.8 Å². The lowest BCUT2D eigenvalue weighted by Crippen LogP contribution is -2.24. The van der Waals surface area contributed by atoms with Gasteiger partial charge >= 0.3 is 0 Å². The van der Waals surface area contributed by atoms with Gasteiger partial charge in [0, 0.05) is 19.2 Å². The zero-order valence-corrected chi connectivity index (χ0v) is 7.75.